The molecule has 0 atom stereocenters. The van der Waals surface area contributed by atoms with Crippen LogP contribution >= 0.6 is 0 Å². The van der Waals surface area contributed by atoms with Crippen LogP contribution in [0.25, 0.3) is 65.2 Å². The summed E-state index contributed by atoms with van der Waals surface area (Å²) < 4.78 is 4.08. The Bertz CT molecular complexity index is 2130. The lowest BCUT2D eigenvalue weighted by molar-refractivity contribution is 0.996. The highest BCUT2D eigenvalue weighted by molar-refractivity contribution is 6.11. The second-order valence-electron chi connectivity index (χ2n) is 9.06. The van der Waals surface area contributed by atoms with E-state index in [1.807, 2.05) is 85.4 Å². The Morgan fingerprint density at radius 3 is 1.74 bits per heavy atom. The molecular formula is C30H20N2O2. The van der Waals surface area contributed by atoms with E-state index in [4.69, 9.17) is 0 Å². The van der Waals surface area contributed by atoms with E-state index >= 15 is 0 Å². The number of rotatable bonds is 0. The first-order chi connectivity index (χ1) is 16.5. The summed E-state index contributed by atoms with van der Waals surface area (Å²) in [5.41, 5.74) is 3.25. The SMILES string of the molecule is Cn1c2cc3ccccc3cc2c(=O)c2cc3c(cc21)c(=O)c1ccc2ccccc2c1n3C. The highest BCUT2D eigenvalue weighted by Crippen LogP contribution is 2.29. The first kappa shape index (κ1) is 19.1. The number of aromatic nitrogens is 2. The quantitative estimate of drug-likeness (QED) is 0.214. The van der Waals surface area contributed by atoms with Gasteiger partial charge in [-0.2, -0.15) is 0 Å². The Kier molecular flexibility index (Phi) is 3.67. The van der Waals surface area contributed by atoms with Crippen LogP contribution in [0, 0.1) is 0 Å². The van der Waals surface area contributed by atoms with Gasteiger partial charge in [0.25, 0.3) is 0 Å². The molecule has 0 saturated heterocycles. The maximum atomic E-state index is 13.7. The molecule has 5 aromatic carbocycles. The molecule has 0 unspecified atom stereocenters. The molecule has 0 N–H and O–H groups in total. The summed E-state index contributed by atoms with van der Waals surface area (Å²) >= 11 is 0. The Morgan fingerprint density at radius 2 is 1.00 bits per heavy atom. The number of hydrogen-bond acceptors (Lipinski definition) is 2. The van der Waals surface area contributed by atoms with Gasteiger partial charge in [0.1, 0.15) is 0 Å². The largest absolute Gasteiger partial charge is 0.343 e. The minimum Gasteiger partial charge on any atom is -0.343 e. The average molecular weight is 441 g/mol. The van der Waals surface area contributed by atoms with E-state index < -0.39 is 0 Å². The molecule has 4 nitrogen and oxygen atoms in total. The Hall–Kier alpha value is -4.44. The van der Waals surface area contributed by atoms with Crippen molar-refractivity contribution in [1.82, 2.24) is 9.13 Å². The minimum atomic E-state index is -0.0128. The summed E-state index contributed by atoms with van der Waals surface area (Å²) in [5.74, 6) is 0. The van der Waals surface area contributed by atoms with Crippen LogP contribution < -0.4 is 10.9 Å². The van der Waals surface area contributed by atoms with Gasteiger partial charge in [0.15, 0.2) is 10.9 Å². The van der Waals surface area contributed by atoms with E-state index in [2.05, 4.69) is 22.8 Å². The van der Waals surface area contributed by atoms with Gasteiger partial charge < -0.3 is 9.13 Å². The number of pyridine rings is 2. The van der Waals surface area contributed by atoms with Crippen LogP contribution in [0.15, 0.2) is 94.5 Å². The van der Waals surface area contributed by atoms with Gasteiger partial charge in [-0.3, -0.25) is 9.59 Å². The fourth-order valence-corrected chi connectivity index (χ4v) is 5.52. The molecule has 2 aromatic heterocycles. The highest BCUT2D eigenvalue weighted by Gasteiger charge is 2.16. The summed E-state index contributed by atoms with van der Waals surface area (Å²) in [6.45, 7) is 0. The molecule has 0 spiro atoms. The lowest BCUT2D eigenvalue weighted by Crippen LogP contribution is -2.13. The van der Waals surface area contributed by atoms with Crippen molar-refractivity contribution in [3.8, 4) is 0 Å². The number of hydrogen-bond donors (Lipinski definition) is 0. The van der Waals surface area contributed by atoms with Crippen LogP contribution in [-0.4, -0.2) is 9.13 Å². The van der Waals surface area contributed by atoms with Gasteiger partial charge in [0, 0.05) is 41.0 Å². The van der Waals surface area contributed by atoms with Gasteiger partial charge in [-0.15, -0.1) is 0 Å². The maximum absolute atomic E-state index is 13.7. The molecule has 0 amide bonds. The fourth-order valence-electron chi connectivity index (χ4n) is 5.52. The van der Waals surface area contributed by atoms with Crippen molar-refractivity contribution in [2.75, 3.05) is 0 Å². The van der Waals surface area contributed by atoms with Crippen molar-refractivity contribution in [2.24, 2.45) is 14.1 Å². The standard InChI is InChI=1S/C30H20N2O2/c1-31-25-14-19-9-4-3-8-18(19)13-22(25)30(34)23-16-27-24(15-26(23)31)29(33)21-12-11-17-7-5-6-10-20(17)28(21)32(27)2/h3-16H,1-2H3. The van der Waals surface area contributed by atoms with Crippen molar-refractivity contribution in [3.63, 3.8) is 0 Å². The van der Waals surface area contributed by atoms with E-state index in [9.17, 15) is 9.59 Å². The number of fused-ring (bicyclic) bond motifs is 7. The van der Waals surface area contributed by atoms with Crippen LogP contribution in [0.2, 0.25) is 0 Å². The van der Waals surface area contributed by atoms with Gasteiger partial charge >= 0.3 is 0 Å². The molecule has 2 heterocycles. The molecule has 162 valence electrons. The number of benzene rings is 5. The second-order valence-corrected chi connectivity index (χ2v) is 9.06. The predicted molar refractivity (Wildman–Crippen MR) is 142 cm³/mol. The van der Waals surface area contributed by atoms with Crippen molar-refractivity contribution in [1.29, 1.82) is 0 Å². The topological polar surface area (TPSA) is 44.0 Å². The van der Waals surface area contributed by atoms with E-state index in [1.54, 1.807) is 0 Å². The van der Waals surface area contributed by atoms with Crippen molar-refractivity contribution in [2.45, 2.75) is 0 Å². The van der Waals surface area contributed by atoms with E-state index in [1.165, 1.54) is 0 Å². The zero-order chi connectivity index (χ0) is 23.1. The van der Waals surface area contributed by atoms with Gasteiger partial charge in [0.05, 0.1) is 22.1 Å². The maximum Gasteiger partial charge on any atom is 0.197 e. The summed E-state index contributed by atoms with van der Waals surface area (Å²) in [7, 11) is 3.94. The molecule has 0 aliphatic carbocycles. The van der Waals surface area contributed by atoms with Crippen molar-refractivity contribution < 1.29 is 0 Å². The zero-order valence-electron chi connectivity index (χ0n) is 18.8. The van der Waals surface area contributed by atoms with Crippen molar-refractivity contribution >= 4 is 65.2 Å². The summed E-state index contributed by atoms with van der Waals surface area (Å²) in [6, 6.07) is 27.9. The third-order valence-electron chi connectivity index (χ3n) is 7.28. The molecule has 0 aliphatic heterocycles. The molecular weight excluding hydrogens is 420 g/mol. The Balaban J connectivity index is 1.72. The summed E-state index contributed by atoms with van der Waals surface area (Å²) in [4.78, 5) is 27.4. The number of aryl methyl sites for hydroxylation is 2. The van der Waals surface area contributed by atoms with Gasteiger partial charge in [-0.05, 0) is 46.5 Å². The van der Waals surface area contributed by atoms with Gasteiger partial charge in [0.2, 0.25) is 0 Å². The molecule has 0 fully saturated rings. The number of nitrogens with zero attached hydrogens (tertiary/aromatic N) is 2. The molecule has 4 heteroatoms. The van der Waals surface area contributed by atoms with E-state index in [0.29, 0.717) is 21.5 Å². The summed E-state index contributed by atoms with van der Waals surface area (Å²) in [6.07, 6.45) is 0. The third-order valence-corrected chi connectivity index (χ3v) is 7.28. The monoisotopic (exact) mass is 440 g/mol. The van der Waals surface area contributed by atoms with Crippen LogP contribution in [0.5, 0.6) is 0 Å². The molecule has 7 aromatic rings. The van der Waals surface area contributed by atoms with Crippen LogP contribution in [0.4, 0.5) is 0 Å². The molecule has 0 aliphatic rings. The van der Waals surface area contributed by atoms with E-state index in [0.717, 1.165) is 43.6 Å². The lowest BCUT2D eigenvalue weighted by atomic mass is 10.0. The van der Waals surface area contributed by atoms with Crippen LogP contribution in [0.1, 0.15) is 0 Å². The van der Waals surface area contributed by atoms with Crippen LogP contribution in [0.3, 0.4) is 0 Å². The molecule has 34 heavy (non-hydrogen) atoms. The molecule has 7 rings (SSSR count). The molecule has 0 saturated carbocycles. The third kappa shape index (κ3) is 2.37. The predicted octanol–water partition coefficient (Wildman–Crippen LogP) is 6.00. The minimum absolute atomic E-state index is 0.0122. The second kappa shape index (κ2) is 6.55. The smallest absolute Gasteiger partial charge is 0.197 e. The average Bonchev–Trinajstić information content (AvgIpc) is 2.88. The first-order valence-corrected chi connectivity index (χ1v) is 11.3. The first-order valence-electron chi connectivity index (χ1n) is 11.3. The molecule has 0 radical (unpaired) electrons. The fraction of sp³-hybridized carbons (Fsp3) is 0.0667. The normalized spacial score (nSPS) is 12.1. The van der Waals surface area contributed by atoms with Gasteiger partial charge in [-0.25, -0.2) is 0 Å². The zero-order valence-corrected chi connectivity index (χ0v) is 18.8. The summed E-state index contributed by atoms with van der Waals surface area (Å²) in [5, 5.41) is 6.84. The van der Waals surface area contributed by atoms with Crippen molar-refractivity contribution in [3.05, 3.63) is 105 Å². The highest BCUT2D eigenvalue weighted by atomic mass is 16.1. The van der Waals surface area contributed by atoms with Crippen LogP contribution in [-0.2, 0) is 14.1 Å². The Morgan fingerprint density at radius 1 is 0.471 bits per heavy atom. The lowest BCUT2D eigenvalue weighted by Gasteiger charge is -2.16. The molecule has 0 bridgehead atoms. The van der Waals surface area contributed by atoms with Gasteiger partial charge in [-0.1, -0.05) is 54.6 Å². The Labute approximate surface area is 193 Å². The van der Waals surface area contributed by atoms with E-state index in [-0.39, 0.29) is 10.9 Å².